The van der Waals surface area contributed by atoms with E-state index in [-0.39, 0.29) is 11.3 Å². The van der Waals surface area contributed by atoms with Crippen molar-refractivity contribution in [3.8, 4) is 11.6 Å². The fourth-order valence-electron chi connectivity index (χ4n) is 3.73. The van der Waals surface area contributed by atoms with E-state index in [0.29, 0.717) is 4.68 Å². The molecule has 2 heterocycles. The highest BCUT2D eigenvalue weighted by Gasteiger charge is 2.56. The molecular weight excluding hydrogens is 484 g/mol. The predicted octanol–water partition coefficient (Wildman–Crippen LogP) is 0.720. The number of hydrogen-bond donors (Lipinski definition) is 5. The predicted molar refractivity (Wildman–Crippen MR) is 109 cm³/mol. The van der Waals surface area contributed by atoms with E-state index < -0.39 is 78.6 Å². The molecule has 5 N–H and O–H groups in total. The Labute approximate surface area is 196 Å². The number of halogens is 4. The Hall–Kier alpha value is -2.49. The first kappa shape index (κ1) is 27.1. The molecule has 0 aliphatic carbocycles. The van der Waals surface area contributed by atoms with Crippen molar-refractivity contribution in [3.05, 3.63) is 40.8 Å². The van der Waals surface area contributed by atoms with Gasteiger partial charge in [-0.1, -0.05) is 6.07 Å². The second-order valence-corrected chi connectivity index (χ2v) is 8.31. The van der Waals surface area contributed by atoms with Crippen molar-refractivity contribution >= 4 is 0 Å². The number of rotatable bonds is 7. The summed E-state index contributed by atoms with van der Waals surface area (Å²) in [5, 5.41) is 54.0. The molecular formula is C21H26F4N2O8. The minimum Gasteiger partial charge on any atom is -0.494 e. The Balaban J connectivity index is 2.12. The highest BCUT2D eigenvalue weighted by atomic mass is 19.4. The number of methoxy groups -OCH3 is 1. The lowest BCUT2D eigenvalue weighted by Gasteiger charge is -2.43. The van der Waals surface area contributed by atoms with Crippen LogP contribution in [0.3, 0.4) is 0 Å². The van der Waals surface area contributed by atoms with Crippen LogP contribution in [0.15, 0.2) is 18.2 Å². The molecule has 0 spiro atoms. The van der Waals surface area contributed by atoms with Gasteiger partial charge >= 0.3 is 12.1 Å². The molecule has 10 nitrogen and oxygen atoms in total. The van der Waals surface area contributed by atoms with Crippen LogP contribution in [0.1, 0.15) is 36.7 Å². The first-order valence-electron chi connectivity index (χ1n) is 10.5. The molecule has 1 aromatic carbocycles. The van der Waals surface area contributed by atoms with Gasteiger partial charge in [-0.05, 0) is 31.5 Å². The highest BCUT2D eigenvalue weighted by molar-refractivity contribution is 5.40. The fourth-order valence-corrected chi connectivity index (χ4v) is 3.73. The van der Waals surface area contributed by atoms with Gasteiger partial charge in [0.05, 0.1) is 19.3 Å². The first-order valence-corrected chi connectivity index (χ1v) is 10.5. The quantitative estimate of drug-likeness (QED) is 0.269. The van der Waals surface area contributed by atoms with Crippen LogP contribution in [0.5, 0.6) is 11.6 Å². The average Bonchev–Trinajstić information content (AvgIpc) is 3.13. The number of aliphatic hydroxyl groups is 5. The molecule has 1 aromatic heterocycles. The SMILES string of the molecule is COc1ccc(Cc2c(O[C@@]3(O)O[C@H](CO)[C@@H](O)[C@H](O)[C@H]3O)nn(C(C)C)c2C(F)(F)F)cc1F. The monoisotopic (exact) mass is 510 g/mol. The van der Waals surface area contributed by atoms with E-state index in [1.54, 1.807) is 0 Å². The first-order chi connectivity index (χ1) is 16.2. The molecule has 1 saturated heterocycles. The Bertz CT molecular complexity index is 1050. The van der Waals surface area contributed by atoms with Crippen LogP contribution in [0, 0.1) is 5.82 Å². The topological polar surface area (TPSA) is 147 Å². The third-order valence-electron chi connectivity index (χ3n) is 5.50. The summed E-state index contributed by atoms with van der Waals surface area (Å²) >= 11 is 0. The van der Waals surface area contributed by atoms with E-state index in [0.717, 1.165) is 6.07 Å². The second kappa shape index (κ2) is 9.87. The van der Waals surface area contributed by atoms with E-state index in [2.05, 4.69) is 5.10 Å². The van der Waals surface area contributed by atoms with Gasteiger partial charge in [-0.15, -0.1) is 5.10 Å². The Kier molecular flexibility index (Phi) is 7.64. The smallest absolute Gasteiger partial charge is 0.433 e. The van der Waals surface area contributed by atoms with E-state index in [9.17, 15) is 43.1 Å². The lowest BCUT2D eigenvalue weighted by Crippen LogP contribution is -2.67. The zero-order valence-corrected chi connectivity index (χ0v) is 18.9. The summed E-state index contributed by atoms with van der Waals surface area (Å²) in [6.07, 6.45) is -13.5. The van der Waals surface area contributed by atoms with Crippen LogP contribution in [-0.4, -0.2) is 79.4 Å². The van der Waals surface area contributed by atoms with Crippen molar-refractivity contribution in [3.63, 3.8) is 0 Å². The molecule has 0 unspecified atom stereocenters. The molecule has 0 amide bonds. The second-order valence-electron chi connectivity index (χ2n) is 8.31. The van der Waals surface area contributed by atoms with Crippen molar-refractivity contribution in [1.82, 2.24) is 9.78 Å². The molecule has 196 valence electrons. The van der Waals surface area contributed by atoms with Crippen LogP contribution >= 0.6 is 0 Å². The van der Waals surface area contributed by atoms with Crippen LogP contribution < -0.4 is 9.47 Å². The molecule has 14 heteroatoms. The minimum absolute atomic E-state index is 0.0720. The standard InChI is InChI=1S/C21H26F4N2O8/c1-9(2)27-17(20(23,24)25)11(6-10-4-5-13(33-3)12(22)7-10)19(26-27)35-21(32)18(31)16(30)15(29)14(8-28)34-21/h4-5,7,9,14-16,18,28-32H,6,8H2,1-3H3/t14-,15-,16+,18-,21+/m1/s1. The largest absolute Gasteiger partial charge is 0.494 e. The number of aliphatic hydroxyl groups excluding tert-OH is 4. The number of ether oxygens (including phenoxy) is 3. The Morgan fingerprint density at radius 3 is 2.37 bits per heavy atom. The van der Waals surface area contributed by atoms with Crippen LogP contribution in [0.25, 0.3) is 0 Å². The summed E-state index contributed by atoms with van der Waals surface area (Å²) in [4.78, 5) is 0. The summed E-state index contributed by atoms with van der Waals surface area (Å²) in [5.74, 6) is -4.98. The molecule has 3 rings (SSSR count). The van der Waals surface area contributed by atoms with Gasteiger partial charge in [-0.25, -0.2) is 4.39 Å². The highest BCUT2D eigenvalue weighted by Crippen LogP contribution is 2.41. The zero-order chi connectivity index (χ0) is 26.3. The van der Waals surface area contributed by atoms with Crippen molar-refractivity contribution in [2.45, 2.75) is 62.9 Å². The maximum absolute atomic E-state index is 14.2. The number of hydrogen-bond acceptors (Lipinski definition) is 9. The summed E-state index contributed by atoms with van der Waals surface area (Å²) in [5.41, 5.74) is -1.81. The van der Waals surface area contributed by atoms with Crippen molar-refractivity contribution in [2.75, 3.05) is 13.7 Å². The molecule has 1 aliphatic rings. The van der Waals surface area contributed by atoms with Gasteiger partial charge in [0.1, 0.15) is 24.0 Å². The normalized spacial score (nSPS) is 27.3. The third-order valence-corrected chi connectivity index (χ3v) is 5.50. The molecule has 1 aliphatic heterocycles. The van der Waals surface area contributed by atoms with Crippen LogP contribution in [0.2, 0.25) is 0 Å². The number of alkyl halides is 3. The van der Waals surface area contributed by atoms with Crippen molar-refractivity contribution < 1.29 is 57.3 Å². The molecule has 0 saturated carbocycles. The third kappa shape index (κ3) is 5.22. The lowest BCUT2D eigenvalue weighted by atomic mass is 9.98. The van der Waals surface area contributed by atoms with Gasteiger partial charge in [0.2, 0.25) is 5.88 Å². The van der Waals surface area contributed by atoms with Gasteiger partial charge in [-0.2, -0.15) is 13.2 Å². The number of aromatic nitrogens is 2. The number of benzene rings is 1. The van der Waals surface area contributed by atoms with E-state index in [1.165, 1.54) is 33.1 Å². The summed E-state index contributed by atoms with van der Waals surface area (Å²) in [6, 6.07) is 2.65. The van der Waals surface area contributed by atoms with Gasteiger partial charge in [0.15, 0.2) is 17.7 Å². The summed E-state index contributed by atoms with van der Waals surface area (Å²) < 4.78 is 72.1. The van der Waals surface area contributed by atoms with Crippen molar-refractivity contribution in [1.29, 1.82) is 0 Å². The summed E-state index contributed by atoms with van der Waals surface area (Å²) in [7, 11) is 1.22. The lowest BCUT2D eigenvalue weighted by molar-refractivity contribution is -0.423. The Morgan fingerprint density at radius 1 is 1.20 bits per heavy atom. The van der Waals surface area contributed by atoms with Gasteiger partial charge in [0.25, 0.3) is 0 Å². The van der Waals surface area contributed by atoms with Crippen molar-refractivity contribution in [2.24, 2.45) is 0 Å². The zero-order valence-electron chi connectivity index (χ0n) is 18.9. The van der Waals surface area contributed by atoms with Crippen LogP contribution in [-0.2, 0) is 17.3 Å². The van der Waals surface area contributed by atoms with Gasteiger partial charge in [-0.3, -0.25) is 4.68 Å². The average molecular weight is 510 g/mol. The minimum atomic E-state index is -4.96. The van der Waals surface area contributed by atoms with Gasteiger partial charge in [0, 0.05) is 12.5 Å². The van der Waals surface area contributed by atoms with E-state index >= 15 is 0 Å². The molecule has 1 fully saturated rings. The Morgan fingerprint density at radius 2 is 1.86 bits per heavy atom. The summed E-state index contributed by atoms with van der Waals surface area (Å²) in [6.45, 7) is 1.89. The maximum atomic E-state index is 14.2. The molecule has 35 heavy (non-hydrogen) atoms. The fraction of sp³-hybridized carbons (Fsp3) is 0.571. The molecule has 0 radical (unpaired) electrons. The van der Waals surface area contributed by atoms with Gasteiger partial charge < -0.3 is 39.7 Å². The van der Waals surface area contributed by atoms with E-state index in [4.69, 9.17) is 14.2 Å². The number of nitrogens with zero attached hydrogens (tertiary/aromatic N) is 2. The van der Waals surface area contributed by atoms with Crippen LogP contribution in [0.4, 0.5) is 17.6 Å². The van der Waals surface area contributed by atoms with E-state index in [1.807, 2.05) is 0 Å². The molecule has 0 bridgehead atoms. The maximum Gasteiger partial charge on any atom is 0.433 e. The molecule has 5 atom stereocenters. The molecule has 2 aromatic rings.